The molecule has 116 valence electrons. The fourth-order valence-electron chi connectivity index (χ4n) is 2.68. The van der Waals surface area contributed by atoms with Crippen molar-refractivity contribution in [3.8, 4) is 6.07 Å². The molecule has 1 aliphatic rings. The number of carbonyl (C=O) groups excluding carboxylic acids is 2. The number of hydrogen-bond acceptors (Lipinski definition) is 3. The number of likely N-dealkylation sites (tertiary alicyclic amines) is 1. The predicted molar refractivity (Wildman–Crippen MR) is 83.8 cm³/mol. The minimum atomic E-state index is -1.13. The Bertz CT molecular complexity index is 596. The molecule has 2 rings (SSSR count). The van der Waals surface area contributed by atoms with Gasteiger partial charge in [-0.1, -0.05) is 51.1 Å². The second-order valence-corrected chi connectivity index (χ2v) is 7.01. The molecule has 0 N–H and O–H groups in total. The molecular weight excluding hydrogens is 276 g/mol. The number of nitrogens with zero attached hydrogens (tertiary/aromatic N) is 2. The Hall–Kier alpha value is -2.15. The molecule has 1 amide bonds. The van der Waals surface area contributed by atoms with Crippen LogP contribution < -0.4 is 0 Å². The third-order valence-corrected chi connectivity index (χ3v) is 4.02. The van der Waals surface area contributed by atoms with E-state index in [2.05, 4.69) is 20.8 Å². The summed E-state index contributed by atoms with van der Waals surface area (Å²) >= 11 is 0. The first-order chi connectivity index (χ1) is 10.3. The second kappa shape index (κ2) is 6.31. The van der Waals surface area contributed by atoms with Crippen molar-refractivity contribution >= 4 is 11.7 Å². The van der Waals surface area contributed by atoms with Crippen molar-refractivity contribution in [3.05, 3.63) is 35.9 Å². The largest absolute Gasteiger partial charge is 0.331 e. The van der Waals surface area contributed by atoms with Gasteiger partial charge in [0.15, 0.2) is 11.7 Å². The molecule has 0 spiro atoms. The van der Waals surface area contributed by atoms with Gasteiger partial charge in [-0.2, -0.15) is 5.26 Å². The average Bonchev–Trinajstić information content (AvgIpc) is 2.68. The summed E-state index contributed by atoms with van der Waals surface area (Å²) in [5.74, 6) is -1.73. The van der Waals surface area contributed by atoms with Crippen LogP contribution in [-0.4, -0.2) is 29.2 Å². The van der Waals surface area contributed by atoms with Crippen LogP contribution in [0.5, 0.6) is 0 Å². The standard InChI is InChI=1S/C18H22N2O2/c1-18(2,3)9-10-20-15(11-13-7-5-4-6-8-13)16(21)14(12-19)17(20)22/h4-8,14-15H,9-11H2,1-3H3. The van der Waals surface area contributed by atoms with Crippen molar-refractivity contribution in [1.82, 2.24) is 4.90 Å². The summed E-state index contributed by atoms with van der Waals surface area (Å²) in [6.45, 7) is 6.82. The number of Topliss-reactive ketones (excluding diaryl/α,β-unsaturated/α-hetero) is 1. The molecule has 0 aromatic heterocycles. The van der Waals surface area contributed by atoms with Gasteiger partial charge in [-0.15, -0.1) is 0 Å². The summed E-state index contributed by atoms with van der Waals surface area (Å²) in [7, 11) is 0. The first-order valence-corrected chi connectivity index (χ1v) is 7.61. The van der Waals surface area contributed by atoms with Gasteiger partial charge in [0.2, 0.25) is 5.91 Å². The Morgan fingerprint density at radius 2 is 1.82 bits per heavy atom. The van der Waals surface area contributed by atoms with Crippen molar-refractivity contribution in [2.24, 2.45) is 11.3 Å². The lowest BCUT2D eigenvalue weighted by atomic mass is 9.92. The molecule has 1 fully saturated rings. The van der Waals surface area contributed by atoms with E-state index in [1.807, 2.05) is 36.4 Å². The Kier molecular flexibility index (Phi) is 4.65. The van der Waals surface area contributed by atoms with Gasteiger partial charge in [0.1, 0.15) is 0 Å². The molecule has 2 atom stereocenters. The van der Waals surface area contributed by atoms with Crippen LogP contribution in [0.1, 0.15) is 32.8 Å². The van der Waals surface area contributed by atoms with E-state index in [-0.39, 0.29) is 17.1 Å². The highest BCUT2D eigenvalue weighted by Crippen LogP contribution is 2.27. The van der Waals surface area contributed by atoms with Gasteiger partial charge in [-0.25, -0.2) is 0 Å². The van der Waals surface area contributed by atoms with Crippen LogP contribution in [0, 0.1) is 22.7 Å². The highest BCUT2D eigenvalue weighted by Gasteiger charge is 2.47. The molecule has 1 saturated heterocycles. The van der Waals surface area contributed by atoms with Crippen molar-refractivity contribution < 1.29 is 9.59 Å². The first kappa shape index (κ1) is 16.2. The summed E-state index contributed by atoms with van der Waals surface area (Å²) in [6, 6.07) is 11.0. The quantitative estimate of drug-likeness (QED) is 0.803. The van der Waals surface area contributed by atoms with Gasteiger partial charge in [-0.3, -0.25) is 9.59 Å². The first-order valence-electron chi connectivity index (χ1n) is 7.61. The van der Waals surface area contributed by atoms with E-state index in [0.717, 1.165) is 12.0 Å². The Balaban J connectivity index is 2.20. The van der Waals surface area contributed by atoms with Gasteiger partial charge < -0.3 is 4.90 Å². The number of nitriles is 1. The lowest BCUT2D eigenvalue weighted by Crippen LogP contribution is -2.39. The molecule has 4 nitrogen and oxygen atoms in total. The zero-order valence-corrected chi connectivity index (χ0v) is 13.4. The topological polar surface area (TPSA) is 61.2 Å². The molecule has 1 heterocycles. The number of carbonyl (C=O) groups is 2. The van der Waals surface area contributed by atoms with Gasteiger partial charge in [-0.05, 0) is 17.4 Å². The lowest BCUT2D eigenvalue weighted by Gasteiger charge is -2.27. The molecule has 2 unspecified atom stereocenters. The molecular formula is C18H22N2O2. The minimum Gasteiger partial charge on any atom is -0.331 e. The van der Waals surface area contributed by atoms with Crippen molar-refractivity contribution in [1.29, 1.82) is 5.26 Å². The Morgan fingerprint density at radius 1 is 1.18 bits per heavy atom. The molecule has 1 aromatic carbocycles. The van der Waals surface area contributed by atoms with E-state index in [1.54, 1.807) is 4.90 Å². The van der Waals surface area contributed by atoms with E-state index in [9.17, 15) is 9.59 Å². The van der Waals surface area contributed by atoms with Crippen LogP contribution in [0.25, 0.3) is 0 Å². The predicted octanol–water partition coefficient (Wildman–Crippen LogP) is 2.58. The fraction of sp³-hybridized carbons (Fsp3) is 0.500. The molecule has 0 saturated carbocycles. The SMILES string of the molecule is CC(C)(C)CCN1C(=O)C(C#N)C(=O)C1Cc1ccccc1. The molecule has 22 heavy (non-hydrogen) atoms. The number of rotatable bonds is 4. The van der Waals surface area contributed by atoms with Gasteiger partial charge in [0, 0.05) is 13.0 Å². The third kappa shape index (κ3) is 3.54. The van der Waals surface area contributed by atoms with Crippen LogP contribution in [0.15, 0.2) is 30.3 Å². The molecule has 0 aliphatic carbocycles. The van der Waals surface area contributed by atoms with Gasteiger partial charge >= 0.3 is 0 Å². The van der Waals surface area contributed by atoms with E-state index in [1.165, 1.54) is 0 Å². The Labute approximate surface area is 131 Å². The number of hydrogen-bond donors (Lipinski definition) is 0. The van der Waals surface area contributed by atoms with Crippen molar-refractivity contribution in [2.45, 2.75) is 39.7 Å². The zero-order valence-electron chi connectivity index (χ0n) is 13.4. The Morgan fingerprint density at radius 3 is 2.36 bits per heavy atom. The minimum absolute atomic E-state index is 0.0748. The molecule has 1 aromatic rings. The summed E-state index contributed by atoms with van der Waals surface area (Å²) in [5.41, 5.74) is 1.08. The van der Waals surface area contributed by atoms with Crippen molar-refractivity contribution in [2.75, 3.05) is 6.54 Å². The maximum absolute atomic E-state index is 12.4. The summed E-state index contributed by atoms with van der Waals surface area (Å²) in [6.07, 6.45) is 1.28. The van der Waals surface area contributed by atoms with Gasteiger partial charge in [0.25, 0.3) is 0 Å². The lowest BCUT2D eigenvalue weighted by molar-refractivity contribution is -0.131. The highest BCUT2D eigenvalue weighted by atomic mass is 16.2. The molecule has 1 aliphatic heterocycles. The van der Waals surface area contributed by atoms with Crippen LogP contribution in [-0.2, 0) is 16.0 Å². The maximum Gasteiger partial charge on any atom is 0.248 e. The number of benzene rings is 1. The van der Waals surface area contributed by atoms with E-state index >= 15 is 0 Å². The highest BCUT2D eigenvalue weighted by molar-refractivity contribution is 6.12. The average molecular weight is 298 g/mol. The normalized spacial score (nSPS) is 22.0. The molecule has 0 bridgehead atoms. The van der Waals surface area contributed by atoms with Crippen LogP contribution >= 0.6 is 0 Å². The molecule has 4 heteroatoms. The summed E-state index contributed by atoms with van der Waals surface area (Å²) in [5, 5.41) is 9.12. The van der Waals surface area contributed by atoms with Crippen LogP contribution in [0.3, 0.4) is 0 Å². The van der Waals surface area contributed by atoms with E-state index < -0.39 is 12.0 Å². The van der Waals surface area contributed by atoms with E-state index in [0.29, 0.717) is 13.0 Å². The van der Waals surface area contributed by atoms with Crippen LogP contribution in [0.4, 0.5) is 0 Å². The van der Waals surface area contributed by atoms with E-state index in [4.69, 9.17) is 5.26 Å². The summed E-state index contributed by atoms with van der Waals surface area (Å²) in [4.78, 5) is 26.4. The maximum atomic E-state index is 12.4. The number of ketones is 1. The van der Waals surface area contributed by atoms with Gasteiger partial charge in [0.05, 0.1) is 12.1 Å². The van der Waals surface area contributed by atoms with Crippen LogP contribution in [0.2, 0.25) is 0 Å². The number of amides is 1. The zero-order chi connectivity index (χ0) is 16.3. The fourth-order valence-corrected chi connectivity index (χ4v) is 2.68. The van der Waals surface area contributed by atoms with Crippen molar-refractivity contribution in [3.63, 3.8) is 0 Å². The monoisotopic (exact) mass is 298 g/mol. The third-order valence-electron chi connectivity index (χ3n) is 4.02. The summed E-state index contributed by atoms with van der Waals surface area (Å²) < 4.78 is 0. The molecule has 0 radical (unpaired) electrons. The second-order valence-electron chi connectivity index (χ2n) is 7.01. The smallest absolute Gasteiger partial charge is 0.248 e.